The first-order valence-corrected chi connectivity index (χ1v) is 10.5. The molecule has 2 aromatic carbocycles. The molecule has 7 nitrogen and oxygen atoms in total. The lowest BCUT2D eigenvalue weighted by molar-refractivity contribution is -0.120. The van der Waals surface area contributed by atoms with E-state index >= 15 is 0 Å². The van der Waals surface area contributed by atoms with Gasteiger partial charge < -0.3 is 14.6 Å². The minimum Gasteiger partial charge on any atom is -0.459 e. The first-order chi connectivity index (χ1) is 13.3. The maximum atomic E-state index is 12.5. The summed E-state index contributed by atoms with van der Waals surface area (Å²) in [6.45, 7) is 2.72. The first-order valence-electron chi connectivity index (χ1n) is 9.00. The molecule has 0 bridgehead atoms. The Morgan fingerprint density at radius 2 is 2.04 bits per heavy atom. The Bertz CT molecular complexity index is 1120. The van der Waals surface area contributed by atoms with Gasteiger partial charge in [-0.25, -0.2) is 13.6 Å². The van der Waals surface area contributed by atoms with Gasteiger partial charge >= 0.3 is 0 Å². The van der Waals surface area contributed by atoms with Gasteiger partial charge in [0.1, 0.15) is 11.3 Å². The Hall–Kier alpha value is -2.84. The molecule has 0 spiro atoms. The van der Waals surface area contributed by atoms with Crippen LogP contribution in [0.1, 0.15) is 24.3 Å². The zero-order valence-corrected chi connectivity index (χ0v) is 16.2. The van der Waals surface area contributed by atoms with Gasteiger partial charge in [0.05, 0.1) is 17.5 Å². The Morgan fingerprint density at radius 1 is 1.25 bits per heavy atom. The highest BCUT2D eigenvalue weighted by Gasteiger charge is 2.24. The monoisotopic (exact) mass is 399 g/mol. The summed E-state index contributed by atoms with van der Waals surface area (Å²) in [7, 11) is -3.73. The summed E-state index contributed by atoms with van der Waals surface area (Å²) in [5, 5.41) is 9.15. The summed E-state index contributed by atoms with van der Waals surface area (Å²) in [4.78, 5) is 14.6. The van der Waals surface area contributed by atoms with E-state index in [0.717, 1.165) is 22.2 Å². The predicted octanol–water partition coefficient (Wildman–Crippen LogP) is 2.32. The second-order valence-corrected chi connectivity index (χ2v) is 8.54. The number of primary sulfonamides is 1. The second-order valence-electron chi connectivity index (χ2n) is 6.98. The van der Waals surface area contributed by atoms with Crippen molar-refractivity contribution in [2.45, 2.75) is 24.3 Å². The van der Waals surface area contributed by atoms with Gasteiger partial charge in [0.25, 0.3) is 0 Å². The number of nitrogens with one attached hydrogen (secondary N) is 1. The average Bonchev–Trinajstić information content (AvgIpc) is 3.24. The Kier molecular flexibility index (Phi) is 4.60. The van der Waals surface area contributed by atoms with E-state index in [1.54, 1.807) is 12.1 Å². The molecule has 2 heterocycles. The number of fused-ring (bicyclic) bond motifs is 2. The topological polar surface area (TPSA) is 106 Å². The van der Waals surface area contributed by atoms with Gasteiger partial charge in [-0.2, -0.15) is 0 Å². The van der Waals surface area contributed by atoms with Crippen molar-refractivity contribution in [1.82, 2.24) is 5.32 Å². The number of nitrogens with two attached hydrogens (primary N) is 1. The van der Waals surface area contributed by atoms with Gasteiger partial charge in [-0.05, 0) is 49.2 Å². The highest BCUT2D eigenvalue weighted by atomic mass is 32.2. The Balaban J connectivity index is 1.43. The number of nitrogens with zero attached hydrogens (tertiary/aromatic N) is 1. The summed E-state index contributed by atoms with van der Waals surface area (Å²) in [6.07, 6.45) is 0.672. The fraction of sp³-hybridized carbons (Fsp3) is 0.250. The quantitative estimate of drug-likeness (QED) is 0.685. The van der Waals surface area contributed by atoms with Gasteiger partial charge in [0, 0.05) is 17.6 Å². The number of furan rings is 1. The molecule has 0 aliphatic carbocycles. The van der Waals surface area contributed by atoms with Crippen molar-refractivity contribution in [2.75, 3.05) is 18.0 Å². The van der Waals surface area contributed by atoms with Crippen LogP contribution in [0.2, 0.25) is 0 Å². The third-order valence-electron chi connectivity index (χ3n) is 4.95. The molecule has 0 radical (unpaired) electrons. The van der Waals surface area contributed by atoms with Crippen molar-refractivity contribution >= 4 is 32.6 Å². The summed E-state index contributed by atoms with van der Waals surface area (Å²) in [5.74, 6) is 0.575. The molecule has 3 aromatic rings. The lowest BCUT2D eigenvalue weighted by atomic mass is 10.2. The third-order valence-corrected chi connectivity index (χ3v) is 5.87. The summed E-state index contributed by atoms with van der Waals surface area (Å²) in [6, 6.07) is 14.1. The molecule has 8 heteroatoms. The summed E-state index contributed by atoms with van der Waals surface area (Å²) < 4.78 is 28.8. The molecule has 1 atom stereocenters. The highest BCUT2D eigenvalue weighted by Crippen LogP contribution is 2.30. The van der Waals surface area contributed by atoms with Gasteiger partial charge in [-0.15, -0.1) is 0 Å². The average molecular weight is 399 g/mol. The van der Waals surface area contributed by atoms with Gasteiger partial charge in [0.15, 0.2) is 0 Å². The smallest absolute Gasteiger partial charge is 0.240 e. The van der Waals surface area contributed by atoms with E-state index in [-0.39, 0.29) is 23.4 Å². The minimum absolute atomic E-state index is 0.0936. The molecule has 0 fully saturated rings. The molecular formula is C20H21N3O4S. The molecule has 1 amide bonds. The predicted molar refractivity (Wildman–Crippen MR) is 107 cm³/mol. The summed E-state index contributed by atoms with van der Waals surface area (Å²) >= 11 is 0. The number of hydrogen-bond donors (Lipinski definition) is 2. The summed E-state index contributed by atoms with van der Waals surface area (Å²) in [5.41, 5.74) is 2.53. The van der Waals surface area contributed by atoms with Crippen LogP contribution in [0.15, 0.2) is 57.8 Å². The number of anilines is 1. The minimum atomic E-state index is -3.73. The largest absolute Gasteiger partial charge is 0.459 e. The van der Waals surface area contributed by atoms with Crippen molar-refractivity contribution < 1.29 is 17.6 Å². The molecule has 4 rings (SSSR count). The van der Waals surface area contributed by atoms with E-state index in [9.17, 15) is 13.2 Å². The van der Waals surface area contributed by atoms with Crippen LogP contribution in [0.3, 0.4) is 0 Å². The van der Waals surface area contributed by atoms with Crippen molar-refractivity contribution in [3.8, 4) is 0 Å². The molecule has 1 aliphatic rings. The zero-order chi connectivity index (χ0) is 19.9. The molecule has 1 aromatic heterocycles. The van der Waals surface area contributed by atoms with Crippen LogP contribution < -0.4 is 15.4 Å². The number of hydrogen-bond acceptors (Lipinski definition) is 5. The number of para-hydroxylation sites is 1. The number of carbonyl (C=O) groups is 1. The van der Waals surface area contributed by atoms with E-state index in [4.69, 9.17) is 9.56 Å². The van der Waals surface area contributed by atoms with Gasteiger partial charge in [-0.3, -0.25) is 4.79 Å². The van der Waals surface area contributed by atoms with Crippen LogP contribution in [0, 0.1) is 0 Å². The normalized spacial score (nSPS) is 14.9. The van der Waals surface area contributed by atoms with Crippen LogP contribution in [-0.2, 0) is 21.2 Å². The fourth-order valence-corrected chi connectivity index (χ4v) is 4.10. The fourth-order valence-electron chi connectivity index (χ4n) is 3.54. The van der Waals surface area contributed by atoms with Crippen molar-refractivity contribution in [3.05, 3.63) is 59.9 Å². The molecule has 1 unspecified atom stereocenters. The maximum absolute atomic E-state index is 12.5. The van der Waals surface area contributed by atoms with Crippen molar-refractivity contribution in [1.29, 1.82) is 0 Å². The van der Waals surface area contributed by atoms with Crippen LogP contribution in [0.5, 0.6) is 0 Å². The molecular weight excluding hydrogens is 378 g/mol. The zero-order valence-electron chi connectivity index (χ0n) is 15.4. The number of sulfonamides is 1. The Labute approximate surface area is 163 Å². The van der Waals surface area contributed by atoms with E-state index in [1.165, 1.54) is 6.07 Å². The van der Waals surface area contributed by atoms with Gasteiger partial charge in [0.2, 0.25) is 15.9 Å². The van der Waals surface area contributed by atoms with Crippen molar-refractivity contribution in [2.24, 2.45) is 5.14 Å². The second kappa shape index (κ2) is 6.96. The molecule has 1 aliphatic heterocycles. The molecule has 28 heavy (non-hydrogen) atoms. The molecule has 0 saturated carbocycles. The van der Waals surface area contributed by atoms with Crippen LogP contribution >= 0.6 is 0 Å². The van der Waals surface area contributed by atoms with E-state index in [2.05, 4.69) is 5.32 Å². The van der Waals surface area contributed by atoms with Crippen LogP contribution in [-0.4, -0.2) is 27.4 Å². The maximum Gasteiger partial charge on any atom is 0.240 e. The number of rotatable bonds is 5. The van der Waals surface area contributed by atoms with Crippen LogP contribution in [0.25, 0.3) is 11.0 Å². The Morgan fingerprint density at radius 3 is 2.79 bits per heavy atom. The molecule has 146 valence electrons. The SMILES string of the molecule is CC(NC(=O)CN1CCc2cc(S(N)(=O)=O)ccc21)c1cc2ccccc2o1. The first kappa shape index (κ1) is 18.5. The van der Waals surface area contributed by atoms with E-state index in [1.807, 2.05) is 42.2 Å². The third kappa shape index (κ3) is 3.61. The van der Waals surface area contributed by atoms with E-state index in [0.29, 0.717) is 18.7 Å². The standard InChI is InChI=1S/C20H21N3O4S/c1-13(19-11-15-4-2-3-5-18(15)27-19)22-20(24)12-23-9-8-14-10-16(28(21,25)26)6-7-17(14)23/h2-7,10-11,13H,8-9,12H2,1H3,(H,22,24)(H2,21,25,26). The highest BCUT2D eigenvalue weighted by molar-refractivity contribution is 7.89. The number of carbonyl (C=O) groups excluding carboxylic acids is 1. The van der Waals surface area contributed by atoms with Crippen LogP contribution in [0.4, 0.5) is 5.69 Å². The number of benzene rings is 2. The molecule has 0 saturated heterocycles. The van der Waals surface area contributed by atoms with Gasteiger partial charge in [-0.1, -0.05) is 18.2 Å². The molecule has 3 N–H and O–H groups in total. The lowest BCUT2D eigenvalue weighted by Gasteiger charge is -2.20. The van der Waals surface area contributed by atoms with Crippen molar-refractivity contribution in [3.63, 3.8) is 0 Å². The lowest BCUT2D eigenvalue weighted by Crippen LogP contribution is -2.37. The number of amides is 1. The van der Waals surface area contributed by atoms with E-state index < -0.39 is 10.0 Å².